The van der Waals surface area contributed by atoms with E-state index in [4.69, 9.17) is 0 Å². The van der Waals surface area contributed by atoms with Crippen molar-refractivity contribution < 1.29 is 9.90 Å². The van der Waals surface area contributed by atoms with Gasteiger partial charge in [-0.05, 0) is 25.1 Å². The van der Waals surface area contributed by atoms with E-state index in [0.717, 1.165) is 15.6 Å². The highest BCUT2D eigenvalue weighted by molar-refractivity contribution is 5.90. The Kier molecular flexibility index (Phi) is 4.13. The zero-order valence-electron chi connectivity index (χ0n) is 14.4. The Morgan fingerprint density at radius 1 is 1.26 bits per heavy atom. The first-order chi connectivity index (χ1) is 13.0. The highest BCUT2D eigenvalue weighted by atomic mass is 16.3. The Labute approximate surface area is 152 Å². The molecule has 9 nitrogen and oxygen atoms in total. The molecule has 3 heterocycles. The molecular weight excluding hydrogens is 348 g/mol. The zero-order valence-corrected chi connectivity index (χ0v) is 14.4. The molecule has 0 aliphatic heterocycles. The van der Waals surface area contributed by atoms with Gasteiger partial charge in [-0.25, -0.2) is 14.6 Å². The van der Waals surface area contributed by atoms with Crippen molar-refractivity contribution in [1.82, 2.24) is 24.1 Å². The zero-order chi connectivity index (χ0) is 19.0. The molecule has 0 aliphatic carbocycles. The second kappa shape index (κ2) is 6.61. The Morgan fingerprint density at radius 2 is 2.07 bits per heavy atom. The van der Waals surface area contributed by atoms with Crippen LogP contribution in [0.1, 0.15) is 18.9 Å². The molecule has 0 fully saturated rings. The summed E-state index contributed by atoms with van der Waals surface area (Å²) in [7, 11) is 0. The summed E-state index contributed by atoms with van der Waals surface area (Å²) in [4.78, 5) is 32.8. The topological polar surface area (TPSA) is 114 Å². The summed E-state index contributed by atoms with van der Waals surface area (Å²) < 4.78 is 2.67. The summed E-state index contributed by atoms with van der Waals surface area (Å²) in [5.41, 5.74) is 0.691. The van der Waals surface area contributed by atoms with E-state index in [1.165, 1.54) is 18.6 Å². The number of carbonyl (C=O) groups is 1. The smallest absolute Gasteiger partial charge is 0.291 e. The van der Waals surface area contributed by atoms with Gasteiger partial charge in [-0.3, -0.25) is 14.0 Å². The fraction of sp³-hybridized carbons (Fsp3) is 0.167. The van der Waals surface area contributed by atoms with Gasteiger partial charge in [-0.2, -0.15) is 5.10 Å². The van der Waals surface area contributed by atoms with Gasteiger partial charge in [0.1, 0.15) is 30.3 Å². The molecule has 0 spiro atoms. The quantitative estimate of drug-likeness (QED) is 0.561. The lowest BCUT2D eigenvalue weighted by Crippen LogP contribution is -2.32. The van der Waals surface area contributed by atoms with Gasteiger partial charge >= 0.3 is 0 Å². The Bertz CT molecular complexity index is 1200. The number of benzene rings is 1. The molecule has 0 radical (unpaired) electrons. The lowest BCUT2D eigenvalue weighted by molar-refractivity contribution is -0.117. The monoisotopic (exact) mass is 364 g/mol. The van der Waals surface area contributed by atoms with Crippen LogP contribution in [0.3, 0.4) is 0 Å². The average molecular weight is 364 g/mol. The van der Waals surface area contributed by atoms with Crippen molar-refractivity contribution >= 4 is 28.1 Å². The summed E-state index contributed by atoms with van der Waals surface area (Å²) in [5, 5.41) is 17.8. The van der Waals surface area contributed by atoms with Crippen LogP contribution in [0.4, 0.5) is 5.82 Å². The van der Waals surface area contributed by atoms with Crippen molar-refractivity contribution in [2.45, 2.75) is 19.6 Å². The summed E-state index contributed by atoms with van der Waals surface area (Å²) in [6.07, 6.45) is 1.88. The lowest BCUT2D eigenvalue weighted by atomic mass is 10.2. The molecule has 2 N–H and O–H groups in total. The summed E-state index contributed by atoms with van der Waals surface area (Å²) in [6, 6.07) is 10.7. The number of aromatic nitrogens is 5. The summed E-state index contributed by atoms with van der Waals surface area (Å²) in [6.45, 7) is 1.26. The van der Waals surface area contributed by atoms with Crippen LogP contribution in [-0.2, 0) is 11.3 Å². The minimum Gasteiger partial charge on any atom is -0.385 e. The number of hydrogen-bond acceptors (Lipinski definition) is 6. The minimum absolute atomic E-state index is 0.278. The molecule has 9 heteroatoms. The van der Waals surface area contributed by atoms with Crippen molar-refractivity contribution in [3.05, 3.63) is 65.1 Å². The van der Waals surface area contributed by atoms with Crippen LogP contribution in [0.5, 0.6) is 0 Å². The minimum atomic E-state index is -0.930. The number of rotatable bonds is 4. The number of nitrogens with one attached hydrogen (secondary N) is 1. The van der Waals surface area contributed by atoms with Gasteiger partial charge in [0, 0.05) is 11.6 Å². The number of hydrogen-bond donors (Lipinski definition) is 2. The number of amides is 1. The molecule has 0 saturated carbocycles. The normalized spacial score (nSPS) is 12.4. The summed E-state index contributed by atoms with van der Waals surface area (Å²) >= 11 is 0. The van der Waals surface area contributed by atoms with E-state index in [1.807, 2.05) is 24.3 Å². The van der Waals surface area contributed by atoms with Gasteiger partial charge in [-0.1, -0.05) is 18.2 Å². The molecule has 0 aliphatic rings. The predicted octanol–water partition coefficient (Wildman–Crippen LogP) is 1.13. The van der Waals surface area contributed by atoms with Crippen LogP contribution in [0.15, 0.2) is 53.7 Å². The number of para-hydroxylation sites is 1. The number of nitrogens with zero attached hydrogens (tertiary/aromatic N) is 5. The number of carbonyl (C=O) groups excluding carboxylic acids is 1. The molecule has 4 rings (SSSR count). The molecule has 0 saturated heterocycles. The number of aliphatic hydroxyl groups is 1. The third-order valence-corrected chi connectivity index (χ3v) is 4.13. The first kappa shape index (κ1) is 16.9. The largest absolute Gasteiger partial charge is 0.385 e. The maximum Gasteiger partial charge on any atom is 0.291 e. The van der Waals surface area contributed by atoms with E-state index in [1.54, 1.807) is 17.4 Å². The van der Waals surface area contributed by atoms with E-state index in [9.17, 15) is 14.7 Å². The number of aliphatic hydroxyl groups excluding tert-OH is 1. The molecule has 1 aromatic carbocycles. The second-order valence-corrected chi connectivity index (χ2v) is 6.06. The predicted molar refractivity (Wildman–Crippen MR) is 98.3 cm³/mol. The Hall–Kier alpha value is -3.59. The van der Waals surface area contributed by atoms with E-state index in [-0.39, 0.29) is 12.4 Å². The number of fused-ring (bicyclic) bond motifs is 3. The standard InChI is InChI=1S/C18H16N6O3/c1-11(25)17-22-23(9-16(26)21-15-6-7-19-10-20-15)18(27)14-8-12-4-2-3-5-13(12)24(14)17/h2-8,10-11,25H,9H2,1H3,(H,19,20,21,26). The van der Waals surface area contributed by atoms with Gasteiger partial charge in [-0.15, -0.1) is 0 Å². The van der Waals surface area contributed by atoms with Crippen LogP contribution in [0.25, 0.3) is 16.4 Å². The molecule has 1 atom stereocenters. The van der Waals surface area contributed by atoms with E-state index in [2.05, 4.69) is 20.4 Å². The van der Waals surface area contributed by atoms with Gasteiger partial charge in [0.05, 0.1) is 5.52 Å². The van der Waals surface area contributed by atoms with Crippen molar-refractivity contribution in [3.63, 3.8) is 0 Å². The van der Waals surface area contributed by atoms with E-state index < -0.39 is 17.6 Å². The van der Waals surface area contributed by atoms with E-state index in [0.29, 0.717) is 11.3 Å². The fourth-order valence-electron chi connectivity index (χ4n) is 2.97. The molecule has 136 valence electrons. The molecule has 27 heavy (non-hydrogen) atoms. The van der Waals surface area contributed by atoms with Crippen LogP contribution in [0, 0.1) is 0 Å². The van der Waals surface area contributed by atoms with Gasteiger partial charge in [0.25, 0.3) is 5.56 Å². The molecular formula is C18H16N6O3. The molecule has 1 amide bonds. The SMILES string of the molecule is CC(O)c1nn(CC(=O)Nc2ccncn2)c(=O)c2cc3ccccc3n12. The van der Waals surface area contributed by atoms with Gasteiger partial charge in [0.15, 0.2) is 5.82 Å². The lowest BCUT2D eigenvalue weighted by Gasteiger charge is -2.12. The van der Waals surface area contributed by atoms with Crippen LogP contribution in [0.2, 0.25) is 0 Å². The van der Waals surface area contributed by atoms with Gasteiger partial charge < -0.3 is 10.4 Å². The first-order valence-electron chi connectivity index (χ1n) is 8.30. The second-order valence-electron chi connectivity index (χ2n) is 6.06. The maximum atomic E-state index is 12.9. The van der Waals surface area contributed by atoms with Crippen molar-refractivity contribution in [3.8, 4) is 0 Å². The number of anilines is 1. The maximum absolute atomic E-state index is 12.9. The van der Waals surface area contributed by atoms with Crippen LogP contribution < -0.4 is 10.9 Å². The fourth-order valence-corrected chi connectivity index (χ4v) is 2.97. The Balaban J connectivity index is 1.79. The summed E-state index contributed by atoms with van der Waals surface area (Å²) in [5.74, 6) is 0.147. The third-order valence-electron chi connectivity index (χ3n) is 4.13. The molecule has 1 unspecified atom stereocenters. The van der Waals surface area contributed by atoms with Crippen LogP contribution >= 0.6 is 0 Å². The molecule has 0 bridgehead atoms. The Morgan fingerprint density at radius 3 is 2.81 bits per heavy atom. The third kappa shape index (κ3) is 3.04. The first-order valence-corrected chi connectivity index (χ1v) is 8.30. The van der Waals surface area contributed by atoms with Crippen molar-refractivity contribution in [1.29, 1.82) is 0 Å². The average Bonchev–Trinajstić information content (AvgIpc) is 3.04. The molecule has 4 aromatic rings. The van der Waals surface area contributed by atoms with Gasteiger partial charge in [0.2, 0.25) is 5.91 Å². The van der Waals surface area contributed by atoms with Crippen molar-refractivity contribution in [2.75, 3.05) is 5.32 Å². The molecule has 3 aromatic heterocycles. The van der Waals surface area contributed by atoms with Crippen LogP contribution in [-0.4, -0.2) is 35.2 Å². The highest BCUT2D eigenvalue weighted by Crippen LogP contribution is 2.21. The van der Waals surface area contributed by atoms with Crippen molar-refractivity contribution in [2.24, 2.45) is 0 Å². The highest BCUT2D eigenvalue weighted by Gasteiger charge is 2.18. The van der Waals surface area contributed by atoms with E-state index >= 15 is 0 Å².